The van der Waals surface area contributed by atoms with Crippen LogP contribution < -0.4 is 24.6 Å². The molecule has 4 aromatic rings. The number of methoxy groups -OCH3 is 1. The standard InChI is InChI=1S/C31H40N12O5S/c1-20-18-24(30(48-4)38-29(20)42-12-8-21(9-13-42)41-16-14-39(2)15-17-41)36-31-34-19-25(43(44)45)28(37-31)35-23-7-6-22-26(33-11-10-32-22)27(23)40(3)49(5,46)47/h6-7,10-11,18-19,21H,8-9,12-17H2,1-5H3,(H2,34,35,36,37). The second kappa shape index (κ2) is 13.9. The smallest absolute Gasteiger partial charge is 0.329 e. The fourth-order valence-electron chi connectivity index (χ4n) is 6.30. The number of piperazine rings is 1. The maximum absolute atomic E-state index is 12.6. The Labute approximate surface area is 284 Å². The van der Waals surface area contributed by atoms with Crippen molar-refractivity contribution in [3.05, 3.63) is 52.5 Å². The number of piperidine rings is 1. The van der Waals surface area contributed by atoms with Gasteiger partial charge in [0.25, 0.3) is 0 Å². The Morgan fingerprint density at radius 3 is 2.39 bits per heavy atom. The van der Waals surface area contributed by atoms with E-state index in [2.05, 4.69) is 52.3 Å². The highest BCUT2D eigenvalue weighted by molar-refractivity contribution is 7.92. The topological polar surface area (TPSA) is 188 Å². The zero-order valence-corrected chi connectivity index (χ0v) is 28.9. The summed E-state index contributed by atoms with van der Waals surface area (Å²) in [6.07, 6.45) is 7.17. The summed E-state index contributed by atoms with van der Waals surface area (Å²) in [7, 11) is 1.31. The Hall–Kier alpha value is -4.94. The van der Waals surface area contributed by atoms with Gasteiger partial charge in [-0.3, -0.25) is 29.3 Å². The van der Waals surface area contributed by atoms with Crippen molar-refractivity contribution in [2.45, 2.75) is 25.8 Å². The number of nitrogens with one attached hydrogen (secondary N) is 2. The number of anilines is 6. The molecule has 17 nitrogen and oxygen atoms in total. The number of benzene rings is 1. The lowest BCUT2D eigenvalue weighted by Gasteiger charge is -2.42. The van der Waals surface area contributed by atoms with E-state index in [1.807, 2.05) is 13.0 Å². The van der Waals surface area contributed by atoms with E-state index in [-0.39, 0.29) is 28.7 Å². The van der Waals surface area contributed by atoms with E-state index in [1.165, 1.54) is 26.6 Å². The lowest BCUT2D eigenvalue weighted by atomic mass is 10.0. The first-order valence-corrected chi connectivity index (χ1v) is 17.7. The first kappa shape index (κ1) is 33.9. The Balaban J connectivity index is 1.26. The van der Waals surface area contributed by atoms with Gasteiger partial charge >= 0.3 is 5.69 Å². The number of nitro groups is 1. The molecule has 0 bridgehead atoms. The van der Waals surface area contributed by atoms with Crippen LogP contribution in [-0.4, -0.2) is 121 Å². The first-order valence-electron chi connectivity index (χ1n) is 15.9. The van der Waals surface area contributed by atoms with E-state index in [1.54, 1.807) is 12.1 Å². The van der Waals surface area contributed by atoms with Crippen LogP contribution in [0.2, 0.25) is 0 Å². The normalized spacial score (nSPS) is 16.5. The number of nitrogens with zero attached hydrogens (tertiary/aromatic N) is 10. The summed E-state index contributed by atoms with van der Waals surface area (Å²) < 4.78 is 31.9. The maximum Gasteiger partial charge on any atom is 0.329 e. The average Bonchev–Trinajstić information content (AvgIpc) is 3.08. The Bertz CT molecular complexity index is 1960. The largest absolute Gasteiger partial charge is 0.479 e. The van der Waals surface area contributed by atoms with Gasteiger partial charge in [0, 0.05) is 64.8 Å². The summed E-state index contributed by atoms with van der Waals surface area (Å²) in [6, 6.07) is 5.66. The van der Waals surface area contributed by atoms with E-state index < -0.39 is 20.6 Å². The average molecular weight is 693 g/mol. The highest BCUT2D eigenvalue weighted by Gasteiger charge is 2.29. The van der Waals surface area contributed by atoms with Crippen LogP contribution in [0.3, 0.4) is 0 Å². The summed E-state index contributed by atoms with van der Waals surface area (Å²) in [6.45, 7) is 8.15. The predicted molar refractivity (Wildman–Crippen MR) is 188 cm³/mol. The van der Waals surface area contributed by atoms with Crippen LogP contribution in [0.4, 0.5) is 40.3 Å². The third-order valence-corrected chi connectivity index (χ3v) is 10.2. The molecule has 0 radical (unpaired) electrons. The molecule has 0 saturated carbocycles. The van der Waals surface area contributed by atoms with Gasteiger partial charge in [0.2, 0.25) is 27.7 Å². The Kier molecular flexibility index (Phi) is 9.62. The maximum atomic E-state index is 12.6. The molecular weight excluding hydrogens is 652 g/mol. The molecule has 2 saturated heterocycles. The van der Waals surface area contributed by atoms with Gasteiger partial charge in [-0.15, -0.1) is 0 Å². The minimum absolute atomic E-state index is 0.0342. The highest BCUT2D eigenvalue weighted by Crippen LogP contribution is 2.38. The molecule has 0 amide bonds. The fraction of sp³-hybridized carbons (Fsp3) is 0.452. The molecule has 5 heterocycles. The third kappa shape index (κ3) is 7.25. The Morgan fingerprint density at radius 2 is 1.71 bits per heavy atom. The van der Waals surface area contributed by atoms with Crippen molar-refractivity contribution >= 4 is 61.4 Å². The number of rotatable bonds is 10. The summed E-state index contributed by atoms with van der Waals surface area (Å²) in [5, 5.41) is 18.1. The van der Waals surface area contributed by atoms with E-state index in [4.69, 9.17) is 9.72 Å². The van der Waals surface area contributed by atoms with Crippen molar-refractivity contribution < 1.29 is 18.1 Å². The van der Waals surface area contributed by atoms with Gasteiger partial charge in [-0.05, 0) is 50.6 Å². The van der Waals surface area contributed by atoms with Crippen molar-refractivity contribution in [3.63, 3.8) is 0 Å². The molecule has 2 fully saturated rings. The summed E-state index contributed by atoms with van der Waals surface area (Å²) in [5.74, 6) is 1.03. The second-order valence-corrected chi connectivity index (χ2v) is 14.3. The van der Waals surface area contributed by atoms with Gasteiger partial charge in [-0.25, -0.2) is 13.4 Å². The number of aryl methyl sites for hydroxylation is 1. The number of likely N-dealkylation sites (N-methyl/N-ethyl adjacent to an activating group) is 1. The summed E-state index contributed by atoms with van der Waals surface area (Å²) >= 11 is 0. The molecule has 18 heteroatoms. The van der Waals surface area contributed by atoms with Crippen LogP contribution in [0.15, 0.2) is 36.8 Å². The monoisotopic (exact) mass is 692 g/mol. The lowest BCUT2D eigenvalue weighted by Crippen LogP contribution is -2.52. The highest BCUT2D eigenvalue weighted by atomic mass is 32.2. The molecule has 0 aliphatic carbocycles. The van der Waals surface area contributed by atoms with E-state index in [0.717, 1.165) is 80.2 Å². The van der Waals surface area contributed by atoms with Gasteiger partial charge in [0.1, 0.15) is 28.9 Å². The van der Waals surface area contributed by atoms with Crippen molar-refractivity contribution in [2.75, 3.05) is 86.6 Å². The number of hydrogen-bond donors (Lipinski definition) is 2. The van der Waals surface area contributed by atoms with Gasteiger partial charge < -0.3 is 25.2 Å². The van der Waals surface area contributed by atoms with Gasteiger partial charge in [0.05, 0.1) is 29.5 Å². The summed E-state index contributed by atoms with van der Waals surface area (Å²) in [5.41, 5.74) is 2.07. The fourth-order valence-corrected chi connectivity index (χ4v) is 6.82. The Morgan fingerprint density at radius 1 is 1.00 bits per heavy atom. The van der Waals surface area contributed by atoms with Crippen molar-refractivity contribution in [2.24, 2.45) is 0 Å². The van der Waals surface area contributed by atoms with E-state index in [9.17, 15) is 18.5 Å². The quantitative estimate of drug-likeness (QED) is 0.182. The zero-order valence-electron chi connectivity index (χ0n) is 28.1. The number of aromatic nitrogens is 5. The van der Waals surface area contributed by atoms with E-state index >= 15 is 0 Å². The lowest BCUT2D eigenvalue weighted by molar-refractivity contribution is -0.384. The van der Waals surface area contributed by atoms with Gasteiger partial charge in [-0.1, -0.05) is 0 Å². The zero-order chi connectivity index (χ0) is 34.9. The van der Waals surface area contributed by atoms with Crippen molar-refractivity contribution in [1.29, 1.82) is 0 Å². The van der Waals surface area contributed by atoms with Crippen LogP contribution in [-0.2, 0) is 10.0 Å². The molecule has 260 valence electrons. The predicted octanol–water partition coefficient (Wildman–Crippen LogP) is 3.14. The minimum Gasteiger partial charge on any atom is -0.479 e. The number of fused-ring (bicyclic) bond motifs is 1. The molecule has 6 rings (SSSR count). The number of sulfonamides is 1. The molecule has 1 aromatic carbocycles. The molecule has 2 N–H and O–H groups in total. The third-order valence-electron chi connectivity index (χ3n) is 9.05. The first-order chi connectivity index (χ1) is 23.4. The van der Waals surface area contributed by atoms with E-state index in [0.29, 0.717) is 23.1 Å². The molecule has 3 aromatic heterocycles. The van der Waals surface area contributed by atoms with Crippen LogP contribution in [0.5, 0.6) is 5.88 Å². The van der Waals surface area contributed by atoms with Crippen LogP contribution in [0, 0.1) is 17.0 Å². The van der Waals surface area contributed by atoms with Gasteiger partial charge in [-0.2, -0.15) is 9.97 Å². The molecule has 0 atom stereocenters. The number of hydrogen-bond acceptors (Lipinski definition) is 15. The van der Waals surface area contributed by atoms with Crippen LogP contribution in [0.25, 0.3) is 11.0 Å². The minimum atomic E-state index is -3.75. The summed E-state index contributed by atoms with van der Waals surface area (Å²) in [4.78, 5) is 40.7. The molecule has 2 aliphatic heterocycles. The van der Waals surface area contributed by atoms with Crippen molar-refractivity contribution in [1.82, 2.24) is 34.7 Å². The molecular formula is C31H40N12O5S. The molecule has 2 aliphatic rings. The van der Waals surface area contributed by atoms with Gasteiger partial charge in [0.15, 0.2) is 0 Å². The molecule has 49 heavy (non-hydrogen) atoms. The number of ether oxygens (including phenoxy) is 1. The van der Waals surface area contributed by atoms with Crippen molar-refractivity contribution in [3.8, 4) is 5.88 Å². The second-order valence-electron chi connectivity index (χ2n) is 12.3. The number of pyridine rings is 1. The van der Waals surface area contributed by atoms with Crippen LogP contribution >= 0.6 is 0 Å². The SMILES string of the molecule is COc1nc(N2CCC(N3CCN(C)CC3)CC2)c(C)cc1Nc1ncc([N+](=O)[O-])c(Nc2ccc3nccnc3c2N(C)S(C)(=O)=O)n1. The molecule has 0 spiro atoms. The van der Waals surface area contributed by atoms with Crippen LogP contribution in [0.1, 0.15) is 18.4 Å². The molecule has 0 unspecified atom stereocenters.